The molecule has 0 radical (unpaired) electrons. The normalized spacial score (nSPS) is 11.9. The quantitative estimate of drug-likeness (QED) is 0.285. The summed E-state index contributed by atoms with van der Waals surface area (Å²) in [6.45, 7) is 7.37. The van der Waals surface area contributed by atoms with E-state index in [4.69, 9.17) is 4.74 Å². The van der Waals surface area contributed by atoms with Crippen LogP contribution in [0.15, 0.2) is 54.1 Å². The number of carboxylic acids is 1. The first kappa shape index (κ1) is 22.0. The molecule has 0 spiro atoms. The molecule has 0 fully saturated rings. The maximum Gasteiger partial charge on any atom is 0.344 e. The minimum Gasteiger partial charge on any atom is -0.478 e. The molecule has 0 bridgehead atoms. The molecule has 0 saturated heterocycles. The Balaban J connectivity index is 2.55. The van der Waals surface area contributed by atoms with Gasteiger partial charge in [0.25, 0.3) is 0 Å². The Kier molecular flexibility index (Phi) is 7.37. The van der Waals surface area contributed by atoms with Gasteiger partial charge in [0.15, 0.2) is 0 Å². The summed E-state index contributed by atoms with van der Waals surface area (Å²) in [5.41, 5.74) is 4.17. The van der Waals surface area contributed by atoms with Crippen LogP contribution < -0.4 is 10.1 Å². The predicted molar refractivity (Wildman–Crippen MR) is 117 cm³/mol. The first-order chi connectivity index (χ1) is 13.8. The van der Waals surface area contributed by atoms with Crippen LogP contribution in [-0.4, -0.2) is 24.1 Å². The minimum atomic E-state index is -1.02. The number of carbonyl (C=O) groups excluding carboxylic acids is 1. The van der Waals surface area contributed by atoms with Crippen LogP contribution in [0.2, 0.25) is 0 Å². The molecule has 5 heteroatoms. The Labute approximate surface area is 171 Å². The number of carboxylic acid groups (broad SMARTS) is 1. The summed E-state index contributed by atoms with van der Waals surface area (Å²) >= 11 is 0. The molecular weight excluding hydrogens is 366 g/mol. The summed E-state index contributed by atoms with van der Waals surface area (Å²) in [5.74, 6) is -1.12. The fraction of sp³-hybridized carbons (Fsp3) is 0.250. The van der Waals surface area contributed by atoms with Gasteiger partial charge in [0.1, 0.15) is 5.75 Å². The summed E-state index contributed by atoms with van der Waals surface area (Å²) in [7, 11) is 1.80. The number of ether oxygens (including phenoxy) is 1. The number of hydrogen-bond donors (Lipinski definition) is 2. The molecule has 0 amide bonds. The SMILES string of the molecule is CC/C=C\C(C)=C(/C(=O)Oc1c(C)cc(C(=O)O)cc1C)c1ccccc1NC. The first-order valence-electron chi connectivity index (χ1n) is 9.51. The molecule has 0 saturated carbocycles. The average molecular weight is 393 g/mol. The van der Waals surface area contributed by atoms with Crippen molar-refractivity contribution in [3.8, 4) is 5.75 Å². The lowest BCUT2D eigenvalue weighted by molar-refractivity contribution is -0.128. The molecule has 152 valence electrons. The van der Waals surface area contributed by atoms with Crippen molar-refractivity contribution in [2.75, 3.05) is 12.4 Å². The lowest BCUT2D eigenvalue weighted by Gasteiger charge is -2.16. The van der Waals surface area contributed by atoms with Gasteiger partial charge in [-0.25, -0.2) is 9.59 Å². The summed E-state index contributed by atoms with van der Waals surface area (Å²) in [6.07, 6.45) is 4.75. The number of rotatable bonds is 7. The average Bonchev–Trinajstić information content (AvgIpc) is 2.69. The third-order valence-electron chi connectivity index (χ3n) is 4.57. The van der Waals surface area contributed by atoms with Crippen molar-refractivity contribution in [3.63, 3.8) is 0 Å². The molecule has 0 aliphatic heterocycles. The summed E-state index contributed by atoms with van der Waals surface area (Å²) in [5, 5.41) is 12.3. The second-order valence-electron chi connectivity index (χ2n) is 6.80. The highest BCUT2D eigenvalue weighted by atomic mass is 16.5. The van der Waals surface area contributed by atoms with Gasteiger partial charge in [-0.15, -0.1) is 0 Å². The molecule has 0 heterocycles. The van der Waals surface area contributed by atoms with E-state index in [1.165, 1.54) is 12.1 Å². The molecular formula is C24H27NO4. The standard InChI is InChI=1S/C24H27NO4/c1-6-7-10-15(2)21(19-11-8-9-12-20(19)25-5)24(28)29-22-16(3)13-18(23(26)27)14-17(22)4/h7-14,25H,6H2,1-5H3,(H,26,27)/b10-7-,21-15-. The van der Waals surface area contributed by atoms with E-state index in [0.717, 1.165) is 23.2 Å². The van der Waals surface area contributed by atoms with Crippen molar-refractivity contribution >= 4 is 23.2 Å². The Hall–Kier alpha value is -3.34. The zero-order chi connectivity index (χ0) is 21.6. The van der Waals surface area contributed by atoms with Crippen LogP contribution in [0.3, 0.4) is 0 Å². The Morgan fingerprint density at radius 3 is 2.31 bits per heavy atom. The fourth-order valence-electron chi connectivity index (χ4n) is 3.16. The smallest absolute Gasteiger partial charge is 0.344 e. The number of nitrogens with one attached hydrogen (secondary N) is 1. The number of anilines is 1. The number of hydrogen-bond acceptors (Lipinski definition) is 4. The molecule has 2 N–H and O–H groups in total. The van der Waals surface area contributed by atoms with E-state index in [9.17, 15) is 14.7 Å². The van der Waals surface area contributed by atoms with Crippen LogP contribution in [0, 0.1) is 13.8 Å². The van der Waals surface area contributed by atoms with Crippen molar-refractivity contribution in [1.82, 2.24) is 0 Å². The molecule has 0 aliphatic carbocycles. The fourth-order valence-corrected chi connectivity index (χ4v) is 3.16. The van der Waals surface area contributed by atoms with Crippen LogP contribution in [-0.2, 0) is 4.79 Å². The minimum absolute atomic E-state index is 0.165. The van der Waals surface area contributed by atoms with E-state index < -0.39 is 11.9 Å². The van der Waals surface area contributed by atoms with Crippen LogP contribution in [0.5, 0.6) is 5.75 Å². The molecule has 2 aromatic rings. The van der Waals surface area contributed by atoms with Gasteiger partial charge in [0, 0.05) is 18.3 Å². The number of benzene rings is 2. The van der Waals surface area contributed by atoms with E-state index in [1.807, 2.05) is 50.3 Å². The zero-order valence-corrected chi connectivity index (χ0v) is 17.5. The summed E-state index contributed by atoms with van der Waals surface area (Å²) < 4.78 is 5.78. The Morgan fingerprint density at radius 1 is 1.14 bits per heavy atom. The van der Waals surface area contributed by atoms with Crippen molar-refractivity contribution < 1.29 is 19.4 Å². The van der Waals surface area contributed by atoms with Crippen LogP contribution in [0.25, 0.3) is 5.57 Å². The molecule has 5 nitrogen and oxygen atoms in total. The first-order valence-corrected chi connectivity index (χ1v) is 9.51. The van der Waals surface area contributed by atoms with Crippen molar-refractivity contribution in [2.45, 2.75) is 34.1 Å². The summed E-state index contributed by atoms with van der Waals surface area (Å²) in [6, 6.07) is 10.6. The van der Waals surface area contributed by atoms with Gasteiger partial charge in [0.05, 0.1) is 11.1 Å². The third-order valence-corrected chi connectivity index (χ3v) is 4.57. The number of aromatic carboxylic acids is 1. The van der Waals surface area contributed by atoms with Crippen molar-refractivity contribution in [1.29, 1.82) is 0 Å². The van der Waals surface area contributed by atoms with Gasteiger partial charge in [-0.05, 0) is 62.1 Å². The number of esters is 1. The van der Waals surface area contributed by atoms with Crippen LogP contribution in [0.1, 0.15) is 47.3 Å². The molecule has 0 atom stereocenters. The van der Waals surface area contributed by atoms with E-state index in [2.05, 4.69) is 5.32 Å². The highest BCUT2D eigenvalue weighted by Gasteiger charge is 2.22. The molecule has 0 unspecified atom stereocenters. The van der Waals surface area contributed by atoms with Gasteiger partial charge in [-0.2, -0.15) is 0 Å². The van der Waals surface area contributed by atoms with Gasteiger partial charge in [-0.1, -0.05) is 37.3 Å². The van der Waals surface area contributed by atoms with E-state index >= 15 is 0 Å². The second-order valence-corrected chi connectivity index (χ2v) is 6.80. The van der Waals surface area contributed by atoms with E-state index in [-0.39, 0.29) is 5.56 Å². The Morgan fingerprint density at radius 2 is 1.76 bits per heavy atom. The lowest BCUT2D eigenvalue weighted by Crippen LogP contribution is -2.15. The molecule has 0 aromatic heterocycles. The third kappa shape index (κ3) is 5.13. The van der Waals surface area contributed by atoms with Gasteiger partial charge in [0.2, 0.25) is 0 Å². The molecule has 29 heavy (non-hydrogen) atoms. The van der Waals surface area contributed by atoms with Gasteiger partial charge in [-0.3, -0.25) is 0 Å². The number of carbonyl (C=O) groups is 2. The predicted octanol–water partition coefficient (Wildman–Crippen LogP) is 5.39. The zero-order valence-electron chi connectivity index (χ0n) is 17.5. The number of para-hydroxylation sites is 1. The monoisotopic (exact) mass is 393 g/mol. The topological polar surface area (TPSA) is 75.6 Å². The highest BCUT2D eigenvalue weighted by Crippen LogP contribution is 2.31. The number of allylic oxidation sites excluding steroid dienone is 3. The maximum atomic E-state index is 13.3. The maximum absolute atomic E-state index is 13.3. The molecule has 0 aliphatic rings. The largest absolute Gasteiger partial charge is 0.478 e. The highest BCUT2D eigenvalue weighted by molar-refractivity contribution is 6.20. The van der Waals surface area contributed by atoms with Crippen molar-refractivity contribution in [2.24, 2.45) is 0 Å². The van der Waals surface area contributed by atoms with Gasteiger partial charge < -0.3 is 15.2 Å². The molecule has 2 aromatic carbocycles. The second kappa shape index (κ2) is 9.73. The lowest BCUT2D eigenvalue weighted by atomic mass is 9.98. The summed E-state index contributed by atoms with van der Waals surface area (Å²) in [4.78, 5) is 24.5. The van der Waals surface area contributed by atoms with Crippen LogP contribution >= 0.6 is 0 Å². The van der Waals surface area contributed by atoms with Gasteiger partial charge >= 0.3 is 11.9 Å². The molecule has 2 rings (SSSR count). The van der Waals surface area contributed by atoms with Crippen molar-refractivity contribution in [3.05, 3.63) is 76.4 Å². The van der Waals surface area contributed by atoms with E-state index in [0.29, 0.717) is 22.4 Å². The Bertz CT molecular complexity index is 963. The van der Waals surface area contributed by atoms with Crippen LogP contribution in [0.4, 0.5) is 5.69 Å². The van der Waals surface area contributed by atoms with E-state index in [1.54, 1.807) is 20.9 Å². The number of aryl methyl sites for hydroxylation is 2.